The number of carbonyl (C=O) groups is 3. The molecule has 2 aromatic rings. The summed E-state index contributed by atoms with van der Waals surface area (Å²) in [4.78, 5) is 39.6. The van der Waals surface area contributed by atoms with Crippen LogP contribution in [0.2, 0.25) is 0 Å². The summed E-state index contributed by atoms with van der Waals surface area (Å²) in [6, 6.07) is 15.7. The van der Waals surface area contributed by atoms with Crippen molar-refractivity contribution in [1.29, 1.82) is 0 Å². The third-order valence-corrected chi connectivity index (χ3v) is 6.50. The fourth-order valence-electron chi connectivity index (χ4n) is 4.90. The zero-order chi connectivity index (χ0) is 25.9. The molecule has 2 amide bonds. The van der Waals surface area contributed by atoms with E-state index in [0.717, 1.165) is 22.3 Å². The zero-order valence-electron chi connectivity index (χ0n) is 21.3. The van der Waals surface area contributed by atoms with Crippen LogP contribution in [0.1, 0.15) is 51.2 Å². The Kier molecular flexibility index (Phi) is 7.52. The smallest absolute Gasteiger partial charge is 0.410 e. The maximum Gasteiger partial charge on any atom is 0.410 e. The Balaban J connectivity index is 1.41. The fraction of sp³-hybridized carbons (Fsp3) is 0.464. The summed E-state index contributed by atoms with van der Waals surface area (Å²) in [5.74, 6) is -1.24. The first-order chi connectivity index (χ1) is 17.2. The van der Waals surface area contributed by atoms with Crippen molar-refractivity contribution in [2.24, 2.45) is 5.92 Å². The van der Waals surface area contributed by atoms with E-state index in [1.807, 2.05) is 24.3 Å². The highest BCUT2D eigenvalue weighted by Crippen LogP contribution is 2.44. The number of amides is 2. The van der Waals surface area contributed by atoms with Crippen LogP contribution in [-0.4, -0.2) is 61.0 Å². The molecule has 2 atom stereocenters. The third kappa shape index (κ3) is 5.64. The van der Waals surface area contributed by atoms with E-state index in [9.17, 15) is 14.4 Å². The first kappa shape index (κ1) is 25.5. The predicted octanol–water partition coefficient (Wildman–Crippen LogP) is 4.71. The molecule has 1 unspecified atom stereocenters. The minimum atomic E-state index is -0.716. The summed E-state index contributed by atoms with van der Waals surface area (Å²) in [5, 5.41) is 2.85. The van der Waals surface area contributed by atoms with E-state index in [1.165, 1.54) is 4.90 Å². The summed E-state index contributed by atoms with van der Waals surface area (Å²) in [6.45, 7) is 7.93. The van der Waals surface area contributed by atoms with Gasteiger partial charge in [-0.2, -0.15) is 0 Å². The standard InChI is InChI=1S/C28H34N2O6/c1-5-34-25(31)22-16-30(27(33)36-28(2,3)4)15-14-24(22)29-26(32)35-17-23-20-12-8-6-10-18(20)19-11-7-9-13-21(19)23/h6-13,22-24H,5,14-17H2,1-4H3,(H,29,32)/t22-,24?/m1/s1. The molecule has 0 radical (unpaired) electrons. The first-order valence-electron chi connectivity index (χ1n) is 12.4. The van der Waals surface area contributed by atoms with Gasteiger partial charge in [0, 0.05) is 25.0 Å². The Bertz CT molecular complexity index is 1080. The van der Waals surface area contributed by atoms with E-state index < -0.39 is 35.7 Å². The summed E-state index contributed by atoms with van der Waals surface area (Å²) >= 11 is 0. The fourth-order valence-corrected chi connectivity index (χ4v) is 4.90. The van der Waals surface area contributed by atoms with Gasteiger partial charge in [0.05, 0.1) is 12.5 Å². The van der Waals surface area contributed by atoms with Gasteiger partial charge in [-0.1, -0.05) is 48.5 Å². The van der Waals surface area contributed by atoms with Crippen molar-refractivity contribution < 1.29 is 28.6 Å². The highest BCUT2D eigenvalue weighted by Gasteiger charge is 2.39. The van der Waals surface area contributed by atoms with Gasteiger partial charge in [0.25, 0.3) is 0 Å². The second kappa shape index (κ2) is 10.6. The lowest BCUT2D eigenvalue weighted by Gasteiger charge is -2.37. The second-order valence-corrected chi connectivity index (χ2v) is 10.1. The zero-order valence-corrected chi connectivity index (χ0v) is 21.3. The molecule has 2 aromatic carbocycles. The van der Waals surface area contributed by atoms with E-state index in [-0.39, 0.29) is 25.7 Å². The van der Waals surface area contributed by atoms with E-state index in [2.05, 4.69) is 29.6 Å². The molecule has 2 aliphatic rings. The van der Waals surface area contributed by atoms with Crippen LogP contribution in [0.4, 0.5) is 9.59 Å². The summed E-state index contributed by atoms with van der Waals surface area (Å²) in [5.41, 5.74) is 3.91. The molecule has 0 aromatic heterocycles. The SMILES string of the molecule is CCOC(=O)[C@@H]1CN(C(=O)OC(C)(C)C)CCC1NC(=O)OCC1c2ccccc2-c2ccccc21. The number of ether oxygens (including phenoxy) is 3. The van der Waals surface area contributed by atoms with E-state index >= 15 is 0 Å². The van der Waals surface area contributed by atoms with Crippen LogP contribution < -0.4 is 5.32 Å². The third-order valence-electron chi connectivity index (χ3n) is 6.50. The number of nitrogens with zero attached hydrogens (tertiary/aromatic N) is 1. The van der Waals surface area contributed by atoms with Gasteiger partial charge >= 0.3 is 18.2 Å². The normalized spacial score (nSPS) is 19.2. The molecular weight excluding hydrogens is 460 g/mol. The van der Waals surface area contributed by atoms with Crippen molar-refractivity contribution >= 4 is 18.2 Å². The monoisotopic (exact) mass is 494 g/mol. The molecule has 1 heterocycles. The Hall–Kier alpha value is -3.55. The Morgan fingerprint density at radius 3 is 2.17 bits per heavy atom. The molecule has 4 rings (SSSR count). The number of carbonyl (C=O) groups excluding carboxylic acids is 3. The molecule has 1 N–H and O–H groups in total. The molecular formula is C28H34N2O6. The molecule has 0 spiro atoms. The molecule has 1 aliphatic carbocycles. The van der Waals surface area contributed by atoms with Crippen LogP contribution in [0, 0.1) is 5.92 Å². The number of rotatable bonds is 5. The molecule has 36 heavy (non-hydrogen) atoms. The van der Waals surface area contributed by atoms with Gasteiger partial charge in [-0.15, -0.1) is 0 Å². The van der Waals surface area contributed by atoms with Gasteiger partial charge in [-0.05, 0) is 56.4 Å². The lowest BCUT2D eigenvalue weighted by Crippen LogP contribution is -2.55. The summed E-state index contributed by atoms with van der Waals surface area (Å²) < 4.78 is 16.4. The number of esters is 1. The number of benzene rings is 2. The topological polar surface area (TPSA) is 94.2 Å². The highest BCUT2D eigenvalue weighted by molar-refractivity contribution is 5.79. The molecule has 8 nitrogen and oxygen atoms in total. The number of likely N-dealkylation sites (tertiary alicyclic amines) is 1. The number of piperidine rings is 1. The Morgan fingerprint density at radius 1 is 0.972 bits per heavy atom. The minimum absolute atomic E-state index is 0.0574. The van der Waals surface area contributed by atoms with Gasteiger partial charge in [-0.25, -0.2) is 9.59 Å². The number of hydrogen-bond donors (Lipinski definition) is 1. The van der Waals surface area contributed by atoms with Gasteiger partial charge < -0.3 is 24.4 Å². The molecule has 1 fully saturated rings. The molecule has 0 bridgehead atoms. The maximum atomic E-state index is 12.8. The van der Waals surface area contributed by atoms with Gasteiger partial charge in [0.1, 0.15) is 12.2 Å². The number of hydrogen-bond acceptors (Lipinski definition) is 6. The molecule has 0 saturated carbocycles. The van der Waals surface area contributed by atoms with Crippen molar-refractivity contribution in [3.05, 3.63) is 59.7 Å². The molecule has 192 valence electrons. The van der Waals surface area contributed by atoms with Gasteiger partial charge in [0.15, 0.2) is 0 Å². The number of fused-ring (bicyclic) bond motifs is 3. The van der Waals surface area contributed by atoms with E-state index in [1.54, 1.807) is 27.7 Å². The average molecular weight is 495 g/mol. The van der Waals surface area contributed by atoms with E-state index in [4.69, 9.17) is 14.2 Å². The molecule has 1 aliphatic heterocycles. The van der Waals surface area contributed by atoms with Crippen LogP contribution in [0.5, 0.6) is 0 Å². The van der Waals surface area contributed by atoms with Crippen LogP contribution in [0.3, 0.4) is 0 Å². The average Bonchev–Trinajstić information content (AvgIpc) is 3.16. The highest BCUT2D eigenvalue weighted by atomic mass is 16.6. The maximum absolute atomic E-state index is 12.8. The molecule has 1 saturated heterocycles. The minimum Gasteiger partial charge on any atom is -0.466 e. The molecule has 8 heteroatoms. The summed E-state index contributed by atoms with van der Waals surface area (Å²) in [6.07, 6.45) is -0.703. The largest absolute Gasteiger partial charge is 0.466 e. The lowest BCUT2D eigenvalue weighted by atomic mass is 9.92. The van der Waals surface area contributed by atoms with Crippen molar-refractivity contribution in [3.8, 4) is 11.1 Å². The van der Waals surface area contributed by atoms with E-state index in [0.29, 0.717) is 13.0 Å². The van der Waals surface area contributed by atoms with Crippen molar-refractivity contribution in [2.45, 2.75) is 51.7 Å². The Morgan fingerprint density at radius 2 is 1.58 bits per heavy atom. The van der Waals surface area contributed by atoms with Crippen molar-refractivity contribution in [2.75, 3.05) is 26.3 Å². The number of nitrogens with one attached hydrogen (secondary N) is 1. The van der Waals surface area contributed by atoms with Crippen LogP contribution >= 0.6 is 0 Å². The van der Waals surface area contributed by atoms with Gasteiger partial charge in [0.2, 0.25) is 0 Å². The van der Waals surface area contributed by atoms with Crippen LogP contribution in [0.25, 0.3) is 11.1 Å². The lowest BCUT2D eigenvalue weighted by molar-refractivity contribution is -0.150. The Labute approximate surface area is 211 Å². The predicted molar refractivity (Wildman–Crippen MR) is 135 cm³/mol. The first-order valence-corrected chi connectivity index (χ1v) is 12.4. The van der Waals surface area contributed by atoms with Crippen LogP contribution in [-0.2, 0) is 19.0 Å². The van der Waals surface area contributed by atoms with Gasteiger partial charge in [-0.3, -0.25) is 4.79 Å². The second-order valence-electron chi connectivity index (χ2n) is 10.1. The summed E-state index contributed by atoms with van der Waals surface area (Å²) in [7, 11) is 0. The van der Waals surface area contributed by atoms with Crippen molar-refractivity contribution in [3.63, 3.8) is 0 Å². The van der Waals surface area contributed by atoms with Crippen LogP contribution in [0.15, 0.2) is 48.5 Å². The quantitative estimate of drug-likeness (QED) is 0.478. The number of alkyl carbamates (subject to hydrolysis) is 1. The van der Waals surface area contributed by atoms with Crippen molar-refractivity contribution in [1.82, 2.24) is 10.2 Å².